The Morgan fingerprint density at radius 3 is 1.91 bits per heavy atom. The minimum Gasteiger partial charge on any atom is -0.480 e. The van der Waals surface area contributed by atoms with E-state index in [1.54, 1.807) is 0 Å². The van der Waals surface area contributed by atoms with Gasteiger partial charge in [-0.3, -0.25) is 9.69 Å². The smallest absolute Gasteiger partial charge is 0.317 e. The van der Waals surface area contributed by atoms with Gasteiger partial charge >= 0.3 is 5.97 Å². The number of carbonyl (C=O) groups is 1. The van der Waals surface area contributed by atoms with Gasteiger partial charge in [-0.25, -0.2) is 0 Å². The predicted molar refractivity (Wildman–Crippen MR) is 89.1 cm³/mol. The summed E-state index contributed by atoms with van der Waals surface area (Å²) in [5.41, 5.74) is 2.44. The van der Waals surface area contributed by atoms with E-state index in [2.05, 4.69) is 31.2 Å². The normalized spacial score (nSPS) is 11.0. The molecule has 2 aromatic rings. The first-order valence-electron chi connectivity index (χ1n) is 7.74. The van der Waals surface area contributed by atoms with Crippen molar-refractivity contribution in [2.75, 3.05) is 19.6 Å². The SMILES string of the molecule is CCCN(CC(=O)O)CC(c1ccccc1)c1ccccc1. The molecule has 2 aromatic carbocycles. The largest absolute Gasteiger partial charge is 0.480 e. The van der Waals surface area contributed by atoms with Gasteiger partial charge < -0.3 is 5.11 Å². The highest BCUT2D eigenvalue weighted by Crippen LogP contribution is 2.25. The van der Waals surface area contributed by atoms with E-state index in [-0.39, 0.29) is 12.5 Å². The molecule has 116 valence electrons. The summed E-state index contributed by atoms with van der Waals surface area (Å²) in [5.74, 6) is -0.582. The second-order valence-corrected chi connectivity index (χ2v) is 5.50. The van der Waals surface area contributed by atoms with Crippen molar-refractivity contribution in [3.63, 3.8) is 0 Å². The minimum atomic E-state index is -0.770. The number of carboxylic acid groups (broad SMARTS) is 1. The quantitative estimate of drug-likeness (QED) is 0.809. The second kappa shape index (κ2) is 8.35. The molecule has 22 heavy (non-hydrogen) atoms. The molecular formula is C19H23NO2. The molecule has 0 heterocycles. The number of nitrogens with zero attached hydrogens (tertiary/aromatic N) is 1. The van der Waals surface area contributed by atoms with Crippen LogP contribution in [0, 0.1) is 0 Å². The molecule has 0 amide bonds. The minimum absolute atomic E-state index is 0.0873. The van der Waals surface area contributed by atoms with Crippen molar-refractivity contribution in [2.24, 2.45) is 0 Å². The molecule has 0 saturated heterocycles. The van der Waals surface area contributed by atoms with Crippen LogP contribution in [-0.2, 0) is 4.79 Å². The molecular weight excluding hydrogens is 274 g/mol. The van der Waals surface area contributed by atoms with E-state index < -0.39 is 5.97 Å². The number of hydrogen-bond donors (Lipinski definition) is 1. The molecule has 0 unspecified atom stereocenters. The first kappa shape index (κ1) is 16.2. The lowest BCUT2D eigenvalue weighted by Gasteiger charge is -2.26. The van der Waals surface area contributed by atoms with Crippen LogP contribution in [-0.4, -0.2) is 35.6 Å². The van der Waals surface area contributed by atoms with Gasteiger partial charge in [0.1, 0.15) is 0 Å². The van der Waals surface area contributed by atoms with E-state index >= 15 is 0 Å². The van der Waals surface area contributed by atoms with Gasteiger partial charge in [-0.05, 0) is 24.1 Å². The zero-order chi connectivity index (χ0) is 15.8. The van der Waals surface area contributed by atoms with Crippen LogP contribution in [0.4, 0.5) is 0 Å². The Morgan fingerprint density at radius 1 is 1.00 bits per heavy atom. The number of hydrogen-bond acceptors (Lipinski definition) is 2. The molecule has 0 aliphatic heterocycles. The van der Waals surface area contributed by atoms with Crippen molar-refractivity contribution in [1.82, 2.24) is 4.90 Å². The van der Waals surface area contributed by atoms with Crippen LogP contribution in [0.5, 0.6) is 0 Å². The van der Waals surface area contributed by atoms with Gasteiger partial charge in [-0.1, -0.05) is 67.6 Å². The molecule has 3 heteroatoms. The Kier molecular flexibility index (Phi) is 6.16. The van der Waals surface area contributed by atoms with Crippen LogP contribution in [0.2, 0.25) is 0 Å². The Hall–Kier alpha value is -2.13. The Labute approximate surface area is 132 Å². The molecule has 0 aliphatic rings. The van der Waals surface area contributed by atoms with Crippen LogP contribution in [0.25, 0.3) is 0 Å². The van der Waals surface area contributed by atoms with Crippen molar-refractivity contribution >= 4 is 5.97 Å². The second-order valence-electron chi connectivity index (χ2n) is 5.50. The predicted octanol–water partition coefficient (Wildman–Crippen LogP) is 3.62. The number of aliphatic carboxylic acids is 1. The Morgan fingerprint density at radius 2 is 1.50 bits per heavy atom. The molecule has 0 saturated carbocycles. The van der Waals surface area contributed by atoms with Crippen LogP contribution < -0.4 is 0 Å². The van der Waals surface area contributed by atoms with Crippen LogP contribution in [0.15, 0.2) is 60.7 Å². The van der Waals surface area contributed by atoms with Crippen molar-refractivity contribution in [3.8, 4) is 0 Å². The van der Waals surface area contributed by atoms with Gasteiger partial charge in [-0.2, -0.15) is 0 Å². The number of benzene rings is 2. The zero-order valence-electron chi connectivity index (χ0n) is 13.0. The molecule has 0 atom stereocenters. The summed E-state index contributed by atoms with van der Waals surface area (Å²) in [6.45, 7) is 3.68. The van der Waals surface area contributed by atoms with Crippen LogP contribution >= 0.6 is 0 Å². The fraction of sp³-hybridized carbons (Fsp3) is 0.316. The first-order chi connectivity index (χ1) is 10.7. The highest BCUT2D eigenvalue weighted by molar-refractivity contribution is 5.69. The fourth-order valence-corrected chi connectivity index (χ4v) is 2.77. The lowest BCUT2D eigenvalue weighted by Crippen LogP contribution is -2.34. The molecule has 0 aliphatic carbocycles. The average molecular weight is 297 g/mol. The van der Waals surface area contributed by atoms with E-state index in [4.69, 9.17) is 5.11 Å². The Bertz CT molecular complexity index is 529. The van der Waals surface area contributed by atoms with Crippen LogP contribution in [0.3, 0.4) is 0 Å². The molecule has 1 N–H and O–H groups in total. The van der Waals surface area contributed by atoms with E-state index in [1.807, 2.05) is 41.3 Å². The fourth-order valence-electron chi connectivity index (χ4n) is 2.77. The van der Waals surface area contributed by atoms with E-state index in [0.29, 0.717) is 6.54 Å². The van der Waals surface area contributed by atoms with E-state index in [0.717, 1.165) is 13.0 Å². The van der Waals surface area contributed by atoms with Crippen molar-refractivity contribution in [2.45, 2.75) is 19.3 Å². The molecule has 0 radical (unpaired) electrons. The van der Waals surface area contributed by atoms with E-state index in [1.165, 1.54) is 11.1 Å². The third-order valence-corrected chi connectivity index (χ3v) is 3.74. The van der Waals surface area contributed by atoms with E-state index in [9.17, 15) is 4.79 Å². The monoisotopic (exact) mass is 297 g/mol. The van der Waals surface area contributed by atoms with Gasteiger partial charge in [0.2, 0.25) is 0 Å². The molecule has 2 rings (SSSR count). The Balaban J connectivity index is 2.26. The lowest BCUT2D eigenvalue weighted by molar-refractivity contribution is -0.138. The topological polar surface area (TPSA) is 40.5 Å². The lowest BCUT2D eigenvalue weighted by atomic mass is 9.90. The highest BCUT2D eigenvalue weighted by Gasteiger charge is 2.19. The van der Waals surface area contributed by atoms with Gasteiger partial charge in [0.15, 0.2) is 0 Å². The third-order valence-electron chi connectivity index (χ3n) is 3.74. The maximum atomic E-state index is 11.1. The maximum absolute atomic E-state index is 11.1. The molecule has 0 spiro atoms. The number of carboxylic acids is 1. The van der Waals surface area contributed by atoms with Gasteiger partial charge in [0, 0.05) is 12.5 Å². The molecule has 0 aromatic heterocycles. The zero-order valence-corrected chi connectivity index (χ0v) is 13.0. The summed E-state index contributed by atoms with van der Waals surface area (Å²) in [7, 11) is 0. The van der Waals surface area contributed by atoms with Crippen molar-refractivity contribution in [3.05, 3.63) is 71.8 Å². The van der Waals surface area contributed by atoms with Crippen molar-refractivity contribution < 1.29 is 9.90 Å². The van der Waals surface area contributed by atoms with Crippen molar-refractivity contribution in [1.29, 1.82) is 0 Å². The molecule has 3 nitrogen and oxygen atoms in total. The summed E-state index contributed by atoms with van der Waals surface area (Å²) < 4.78 is 0. The average Bonchev–Trinajstić information content (AvgIpc) is 2.54. The van der Waals surface area contributed by atoms with Gasteiger partial charge in [0.25, 0.3) is 0 Å². The maximum Gasteiger partial charge on any atom is 0.317 e. The van der Waals surface area contributed by atoms with Crippen LogP contribution in [0.1, 0.15) is 30.4 Å². The standard InChI is InChI=1S/C19H23NO2/c1-2-13-20(15-19(21)22)14-18(16-9-5-3-6-10-16)17-11-7-4-8-12-17/h3-12,18H,2,13-15H2,1H3,(H,21,22). The summed E-state index contributed by atoms with van der Waals surface area (Å²) in [6.07, 6.45) is 0.948. The molecule has 0 bridgehead atoms. The summed E-state index contributed by atoms with van der Waals surface area (Å²) >= 11 is 0. The molecule has 0 fully saturated rings. The van der Waals surface area contributed by atoms with Gasteiger partial charge in [0.05, 0.1) is 6.54 Å². The third kappa shape index (κ3) is 4.71. The van der Waals surface area contributed by atoms with Gasteiger partial charge in [-0.15, -0.1) is 0 Å². The number of rotatable bonds is 8. The highest BCUT2D eigenvalue weighted by atomic mass is 16.4. The first-order valence-corrected chi connectivity index (χ1v) is 7.74. The summed E-state index contributed by atoms with van der Waals surface area (Å²) in [4.78, 5) is 13.1. The summed E-state index contributed by atoms with van der Waals surface area (Å²) in [6, 6.07) is 20.6. The summed E-state index contributed by atoms with van der Waals surface area (Å²) in [5, 5.41) is 9.12.